The van der Waals surface area contributed by atoms with Gasteiger partial charge in [-0.15, -0.1) is 0 Å². The lowest BCUT2D eigenvalue weighted by molar-refractivity contribution is -0.384. The topological polar surface area (TPSA) is 89.7 Å². The van der Waals surface area contributed by atoms with Crippen LogP contribution in [-0.4, -0.2) is 22.1 Å². The predicted molar refractivity (Wildman–Crippen MR) is 92.2 cm³/mol. The summed E-state index contributed by atoms with van der Waals surface area (Å²) >= 11 is 0. The Hall–Kier alpha value is -2.37. The molecule has 1 aromatic rings. The molecule has 25 heavy (non-hydrogen) atoms. The van der Waals surface area contributed by atoms with Crippen LogP contribution in [0, 0.1) is 16.0 Å². The zero-order chi connectivity index (χ0) is 18.0. The van der Waals surface area contributed by atoms with Gasteiger partial charge in [-0.25, -0.2) is 4.79 Å². The summed E-state index contributed by atoms with van der Waals surface area (Å²) in [7, 11) is 0. The number of carbonyl (C=O) groups is 1. The second kappa shape index (κ2) is 7.25. The van der Waals surface area contributed by atoms with Gasteiger partial charge in [-0.2, -0.15) is 0 Å². The van der Waals surface area contributed by atoms with E-state index in [1.807, 2.05) is 6.92 Å². The maximum atomic E-state index is 12.6. The number of aliphatic hydroxyl groups is 1. The Morgan fingerprint density at radius 3 is 2.80 bits per heavy atom. The van der Waals surface area contributed by atoms with Crippen molar-refractivity contribution < 1.29 is 19.6 Å². The van der Waals surface area contributed by atoms with Gasteiger partial charge in [0.05, 0.1) is 16.4 Å². The second-order valence-corrected chi connectivity index (χ2v) is 6.80. The largest absolute Gasteiger partial charge is 0.511 e. The molecule has 0 aromatic heterocycles. The van der Waals surface area contributed by atoms with Crippen LogP contribution < -0.4 is 0 Å². The highest BCUT2D eigenvalue weighted by Gasteiger charge is 2.41. The average molecular weight is 345 g/mol. The van der Waals surface area contributed by atoms with Crippen molar-refractivity contribution in [3.05, 3.63) is 51.3 Å². The van der Waals surface area contributed by atoms with E-state index in [1.165, 1.54) is 12.1 Å². The van der Waals surface area contributed by atoms with Crippen molar-refractivity contribution in [2.45, 2.75) is 57.5 Å². The molecule has 3 atom stereocenters. The number of non-ortho nitro benzene ring substituents is 1. The van der Waals surface area contributed by atoms with Gasteiger partial charge in [0.25, 0.3) is 5.69 Å². The van der Waals surface area contributed by atoms with Gasteiger partial charge < -0.3 is 9.84 Å². The van der Waals surface area contributed by atoms with E-state index in [2.05, 4.69) is 0 Å². The molecule has 1 saturated carbocycles. The SMILES string of the molecule is CCC(C1=C(O)C2CCCCCC2OC1=O)c1cccc([N+](=O)[O-])c1. The first-order valence-electron chi connectivity index (χ1n) is 8.91. The quantitative estimate of drug-likeness (QED) is 0.496. The van der Waals surface area contributed by atoms with Crippen LogP contribution >= 0.6 is 0 Å². The molecule has 6 nitrogen and oxygen atoms in total. The van der Waals surface area contributed by atoms with Crippen molar-refractivity contribution in [3.8, 4) is 0 Å². The lowest BCUT2D eigenvalue weighted by Crippen LogP contribution is -2.36. The van der Waals surface area contributed by atoms with E-state index in [4.69, 9.17) is 4.74 Å². The van der Waals surface area contributed by atoms with Crippen molar-refractivity contribution >= 4 is 11.7 Å². The van der Waals surface area contributed by atoms with Crippen LogP contribution in [-0.2, 0) is 9.53 Å². The van der Waals surface area contributed by atoms with E-state index in [0.717, 1.165) is 32.1 Å². The zero-order valence-electron chi connectivity index (χ0n) is 14.3. The van der Waals surface area contributed by atoms with Gasteiger partial charge in [0.15, 0.2) is 0 Å². The van der Waals surface area contributed by atoms with Crippen molar-refractivity contribution in [1.29, 1.82) is 0 Å². The minimum atomic E-state index is -0.487. The fourth-order valence-corrected chi connectivity index (χ4v) is 4.02. The Balaban J connectivity index is 2.01. The number of hydrogen-bond acceptors (Lipinski definition) is 5. The summed E-state index contributed by atoms with van der Waals surface area (Å²) < 4.78 is 5.64. The van der Waals surface area contributed by atoms with Crippen LogP contribution in [0.15, 0.2) is 35.6 Å². The van der Waals surface area contributed by atoms with Gasteiger partial charge in [0.1, 0.15) is 11.9 Å². The van der Waals surface area contributed by atoms with Gasteiger partial charge in [-0.1, -0.05) is 31.9 Å². The predicted octanol–water partition coefficient (Wildman–Crippen LogP) is 4.41. The Labute approximate surface area is 146 Å². The van der Waals surface area contributed by atoms with Crippen molar-refractivity contribution in [2.75, 3.05) is 0 Å². The number of esters is 1. The van der Waals surface area contributed by atoms with Gasteiger partial charge >= 0.3 is 5.97 Å². The first-order chi connectivity index (χ1) is 12.0. The van der Waals surface area contributed by atoms with E-state index >= 15 is 0 Å². The third kappa shape index (κ3) is 3.38. The molecule has 2 aliphatic rings. The number of nitro groups is 1. The summed E-state index contributed by atoms with van der Waals surface area (Å²) in [5.74, 6) is -0.917. The minimum Gasteiger partial charge on any atom is -0.511 e. The molecule has 1 N–H and O–H groups in total. The summed E-state index contributed by atoms with van der Waals surface area (Å²) in [6.07, 6.45) is 4.96. The average Bonchev–Trinajstić information content (AvgIpc) is 2.84. The van der Waals surface area contributed by atoms with E-state index in [9.17, 15) is 20.0 Å². The maximum absolute atomic E-state index is 12.6. The van der Waals surface area contributed by atoms with Crippen molar-refractivity contribution in [1.82, 2.24) is 0 Å². The smallest absolute Gasteiger partial charge is 0.338 e. The van der Waals surface area contributed by atoms with Crippen LogP contribution in [0.4, 0.5) is 5.69 Å². The van der Waals surface area contributed by atoms with Crippen LogP contribution in [0.1, 0.15) is 56.9 Å². The van der Waals surface area contributed by atoms with Crippen LogP contribution in [0.3, 0.4) is 0 Å². The van der Waals surface area contributed by atoms with E-state index in [-0.39, 0.29) is 29.0 Å². The number of nitrogens with zero attached hydrogens (tertiary/aromatic N) is 1. The van der Waals surface area contributed by atoms with E-state index in [0.29, 0.717) is 12.0 Å². The van der Waals surface area contributed by atoms with Gasteiger partial charge in [0, 0.05) is 18.1 Å². The Kier molecular flexibility index (Phi) is 5.06. The number of rotatable bonds is 4. The summed E-state index contributed by atoms with van der Waals surface area (Å²) in [5, 5.41) is 21.9. The molecule has 0 spiro atoms. The van der Waals surface area contributed by atoms with Crippen molar-refractivity contribution in [2.24, 2.45) is 5.92 Å². The van der Waals surface area contributed by atoms with E-state index < -0.39 is 16.8 Å². The fourth-order valence-electron chi connectivity index (χ4n) is 4.02. The summed E-state index contributed by atoms with van der Waals surface area (Å²) in [5.41, 5.74) is 0.904. The molecule has 1 aliphatic heterocycles. The summed E-state index contributed by atoms with van der Waals surface area (Å²) in [4.78, 5) is 23.2. The number of nitro benzene ring substituents is 1. The highest BCUT2D eigenvalue weighted by molar-refractivity contribution is 5.92. The Morgan fingerprint density at radius 1 is 1.32 bits per heavy atom. The monoisotopic (exact) mass is 345 g/mol. The van der Waals surface area contributed by atoms with E-state index in [1.54, 1.807) is 12.1 Å². The van der Waals surface area contributed by atoms with Gasteiger partial charge in [-0.3, -0.25) is 10.1 Å². The van der Waals surface area contributed by atoms with Crippen LogP contribution in [0.5, 0.6) is 0 Å². The zero-order valence-corrected chi connectivity index (χ0v) is 14.3. The molecule has 1 heterocycles. The fraction of sp³-hybridized carbons (Fsp3) is 0.526. The normalized spacial score (nSPS) is 24.9. The second-order valence-electron chi connectivity index (χ2n) is 6.80. The first-order valence-corrected chi connectivity index (χ1v) is 8.91. The first kappa shape index (κ1) is 17.5. The molecule has 6 heteroatoms. The third-order valence-electron chi connectivity index (χ3n) is 5.30. The molecule has 1 aliphatic carbocycles. The molecule has 0 bridgehead atoms. The molecule has 0 radical (unpaired) electrons. The lowest BCUT2D eigenvalue weighted by atomic mass is 9.81. The van der Waals surface area contributed by atoms with Gasteiger partial charge in [0.2, 0.25) is 0 Å². The maximum Gasteiger partial charge on any atom is 0.338 e. The molecule has 3 unspecified atom stereocenters. The highest BCUT2D eigenvalue weighted by atomic mass is 16.6. The number of aliphatic hydroxyl groups excluding tert-OH is 1. The molecule has 1 fully saturated rings. The van der Waals surface area contributed by atoms with Crippen molar-refractivity contribution in [3.63, 3.8) is 0 Å². The molecule has 3 rings (SSSR count). The lowest BCUT2D eigenvalue weighted by Gasteiger charge is -2.33. The standard InChI is InChI=1S/C19H23NO5/c1-2-14(12-7-6-8-13(11-12)20(23)24)17-18(21)15-9-4-3-5-10-16(15)25-19(17)22/h6-8,11,14-16,21H,2-5,9-10H2,1H3. The number of ether oxygens (including phenoxy) is 1. The van der Waals surface area contributed by atoms with Crippen LogP contribution in [0.2, 0.25) is 0 Å². The Bertz CT molecular complexity index is 712. The number of carbonyl (C=O) groups excluding carboxylic acids is 1. The Morgan fingerprint density at radius 2 is 2.08 bits per heavy atom. The molecule has 0 saturated heterocycles. The van der Waals surface area contributed by atoms with Crippen LogP contribution in [0.25, 0.3) is 0 Å². The molecule has 134 valence electrons. The molecule has 0 amide bonds. The van der Waals surface area contributed by atoms with Gasteiger partial charge in [-0.05, 0) is 31.2 Å². The molecule has 1 aromatic carbocycles. The number of fused-ring (bicyclic) bond motifs is 1. The number of hydrogen-bond donors (Lipinski definition) is 1. The highest BCUT2D eigenvalue weighted by Crippen LogP contribution is 2.41. The summed E-state index contributed by atoms with van der Waals surface area (Å²) in [6, 6.07) is 6.26. The minimum absolute atomic E-state index is 0.0208. The third-order valence-corrected chi connectivity index (χ3v) is 5.30. The number of benzene rings is 1. The summed E-state index contributed by atoms with van der Waals surface area (Å²) in [6.45, 7) is 1.90. The molecular formula is C19H23NO5. The molecular weight excluding hydrogens is 322 g/mol.